The molecule has 0 spiro atoms. The Morgan fingerprint density at radius 2 is 0.558 bits per heavy atom. The lowest BCUT2D eigenvalue weighted by Gasteiger charge is -2.20. The molecule has 0 aromatic heterocycles. The van der Waals surface area contributed by atoms with E-state index in [9.17, 15) is 19.8 Å². The van der Waals surface area contributed by atoms with Crippen molar-refractivity contribution in [1.29, 1.82) is 0 Å². The normalized spacial score (nSPS) is 12.7. The number of aliphatic hydroxyl groups excluding tert-OH is 2. The van der Waals surface area contributed by atoms with Gasteiger partial charge in [-0.1, -0.05) is 384 Å². The standard InChI is InChI=1S/C80H153NO5/c1-3-5-7-9-11-13-15-16-17-18-19-20-21-31-34-37-40-43-46-49-53-56-60-64-68-72-78(83)77(76-82)81-79(84)73-69-65-61-57-54-50-47-44-41-38-35-32-29-27-25-23-22-24-26-28-30-33-36-39-42-45-48-51-55-59-63-67-71-75-86-80(85)74-70-66-62-58-52-14-12-10-8-6-4-2/h10,12,26,28,68,72,77-78,82-83H,3-9,11,13-25,27,29-67,69-71,73-76H2,1-2H3,(H,81,84)/b12-10-,28-26-,72-68+. The van der Waals surface area contributed by atoms with Crippen LogP contribution in [0.1, 0.15) is 438 Å². The minimum atomic E-state index is -0.844. The molecule has 0 aliphatic heterocycles. The molecule has 508 valence electrons. The second kappa shape index (κ2) is 75.5. The molecule has 1 amide bonds. The molecule has 2 atom stereocenters. The van der Waals surface area contributed by atoms with Gasteiger partial charge in [-0.2, -0.15) is 0 Å². The lowest BCUT2D eigenvalue weighted by Crippen LogP contribution is -2.45. The van der Waals surface area contributed by atoms with Gasteiger partial charge in [-0.05, 0) is 77.0 Å². The summed E-state index contributed by atoms with van der Waals surface area (Å²) >= 11 is 0. The first-order valence-corrected chi connectivity index (χ1v) is 39.3. The van der Waals surface area contributed by atoms with Gasteiger partial charge < -0.3 is 20.3 Å². The van der Waals surface area contributed by atoms with Gasteiger partial charge in [0.2, 0.25) is 5.91 Å². The number of unbranched alkanes of at least 4 members (excludes halogenated alkanes) is 59. The summed E-state index contributed by atoms with van der Waals surface area (Å²) in [5.41, 5.74) is 0. The number of amides is 1. The number of carbonyl (C=O) groups is 2. The van der Waals surface area contributed by atoms with E-state index in [2.05, 4.69) is 43.5 Å². The average molecular weight is 1210 g/mol. The lowest BCUT2D eigenvalue weighted by molar-refractivity contribution is -0.143. The lowest BCUT2D eigenvalue weighted by atomic mass is 10.0. The van der Waals surface area contributed by atoms with Crippen molar-refractivity contribution >= 4 is 11.9 Å². The molecule has 0 heterocycles. The molecule has 0 bridgehead atoms. The number of ether oxygens (including phenoxy) is 1. The molecule has 0 aliphatic rings. The molecular formula is C80H153NO5. The van der Waals surface area contributed by atoms with E-state index in [1.54, 1.807) is 6.08 Å². The zero-order chi connectivity index (χ0) is 62.0. The number of esters is 1. The monoisotopic (exact) mass is 1210 g/mol. The molecule has 3 N–H and O–H groups in total. The van der Waals surface area contributed by atoms with Crippen LogP contribution in [-0.2, 0) is 14.3 Å². The molecule has 0 rings (SSSR count). The second-order valence-corrected chi connectivity index (χ2v) is 27.0. The summed E-state index contributed by atoms with van der Waals surface area (Å²) in [7, 11) is 0. The Balaban J connectivity index is 3.38. The predicted molar refractivity (Wildman–Crippen MR) is 379 cm³/mol. The van der Waals surface area contributed by atoms with Gasteiger partial charge in [0, 0.05) is 12.8 Å². The Kier molecular flexibility index (Phi) is 73.9. The fraction of sp³-hybridized carbons (Fsp3) is 0.900. The highest BCUT2D eigenvalue weighted by Crippen LogP contribution is 2.19. The number of aliphatic hydroxyl groups is 2. The minimum absolute atomic E-state index is 0.00784. The van der Waals surface area contributed by atoms with Crippen molar-refractivity contribution in [2.45, 2.75) is 450 Å². The molecule has 0 radical (unpaired) electrons. The molecule has 0 saturated heterocycles. The molecule has 2 unspecified atom stereocenters. The van der Waals surface area contributed by atoms with Crippen LogP contribution in [0.3, 0.4) is 0 Å². The highest BCUT2D eigenvalue weighted by Gasteiger charge is 2.18. The van der Waals surface area contributed by atoms with Crippen molar-refractivity contribution in [1.82, 2.24) is 5.32 Å². The summed E-state index contributed by atoms with van der Waals surface area (Å²) in [5, 5.41) is 23.3. The number of nitrogens with one attached hydrogen (secondary N) is 1. The Hall–Kier alpha value is -1.92. The summed E-state index contributed by atoms with van der Waals surface area (Å²) < 4.78 is 5.47. The van der Waals surface area contributed by atoms with Crippen LogP contribution in [0, 0.1) is 0 Å². The maximum absolute atomic E-state index is 12.6. The van der Waals surface area contributed by atoms with E-state index in [0.29, 0.717) is 19.4 Å². The smallest absolute Gasteiger partial charge is 0.305 e. The molecular weight excluding hydrogens is 1050 g/mol. The number of hydrogen-bond donors (Lipinski definition) is 3. The van der Waals surface area contributed by atoms with Crippen molar-refractivity contribution in [2.24, 2.45) is 0 Å². The van der Waals surface area contributed by atoms with Gasteiger partial charge >= 0.3 is 5.97 Å². The Bertz CT molecular complexity index is 1390. The fourth-order valence-electron chi connectivity index (χ4n) is 12.4. The first-order valence-electron chi connectivity index (χ1n) is 39.3. The molecule has 0 aromatic rings. The average Bonchev–Trinajstić information content (AvgIpc) is 3.61. The van der Waals surface area contributed by atoms with E-state index in [0.717, 1.165) is 44.9 Å². The number of allylic oxidation sites excluding steroid dienone is 5. The third kappa shape index (κ3) is 71.2. The van der Waals surface area contributed by atoms with Crippen LogP contribution in [0.25, 0.3) is 0 Å². The zero-order valence-corrected chi connectivity index (χ0v) is 58.3. The van der Waals surface area contributed by atoms with Crippen LogP contribution in [0.5, 0.6) is 0 Å². The van der Waals surface area contributed by atoms with E-state index in [4.69, 9.17) is 4.74 Å². The topological polar surface area (TPSA) is 95.9 Å². The predicted octanol–water partition coefficient (Wildman–Crippen LogP) is 25.8. The van der Waals surface area contributed by atoms with Gasteiger partial charge in [0.25, 0.3) is 0 Å². The molecule has 0 aliphatic carbocycles. The SMILES string of the molecule is CCCC/C=C\CCCCCCCC(=O)OCCCCCCCCCCCCCC/C=C\CCCCCCCCCCCCCCCCCCCC(=O)NC(CO)C(O)/C=C/CCCCCCCCCCCCCCCCCCCCCCCCC. The summed E-state index contributed by atoms with van der Waals surface area (Å²) in [5.74, 6) is -0.0520. The van der Waals surface area contributed by atoms with Crippen LogP contribution in [0.4, 0.5) is 0 Å². The largest absolute Gasteiger partial charge is 0.466 e. The van der Waals surface area contributed by atoms with Crippen molar-refractivity contribution in [3.8, 4) is 0 Å². The first kappa shape index (κ1) is 84.1. The maximum atomic E-state index is 12.6. The van der Waals surface area contributed by atoms with E-state index in [1.807, 2.05) is 6.08 Å². The Morgan fingerprint density at radius 3 is 0.860 bits per heavy atom. The summed E-state index contributed by atoms with van der Waals surface area (Å²) in [6, 6.07) is -0.627. The Labute approximate surface area is 538 Å². The van der Waals surface area contributed by atoms with Crippen molar-refractivity contribution < 1.29 is 24.5 Å². The van der Waals surface area contributed by atoms with Gasteiger partial charge in [0.05, 0.1) is 25.4 Å². The third-order valence-electron chi connectivity index (χ3n) is 18.4. The Morgan fingerprint density at radius 1 is 0.314 bits per heavy atom. The van der Waals surface area contributed by atoms with Gasteiger partial charge in [0.15, 0.2) is 0 Å². The molecule has 0 aromatic carbocycles. The number of carbonyl (C=O) groups excluding carboxylic acids is 2. The van der Waals surface area contributed by atoms with Gasteiger partial charge in [-0.25, -0.2) is 0 Å². The number of hydrogen-bond acceptors (Lipinski definition) is 5. The quantitative estimate of drug-likeness (QED) is 0.0320. The maximum Gasteiger partial charge on any atom is 0.305 e. The highest BCUT2D eigenvalue weighted by molar-refractivity contribution is 5.76. The van der Waals surface area contributed by atoms with Crippen molar-refractivity contribution in [2.75, 3.05) is 13.2 Å². The fourth-order valence-corrected chi connectivity index (χ4v) is 12.4. The van der Waals surface area contributed by atoms with Crippen LogP contribution in [-0.4, -0.2) is 47.4 Å². The molecule has 0 saturated carbocycles. The van der Waals surface area contributed by atoms with E-state index >= 15 is 0 Å². The number of rotatable bonds is 74. The van der Waals surface area contributed by atoms with Crippen LogP contribution in [0.2, 0.25) is 0 Å². The van der Waals surface area contributed by atoms with Crippen molar-refractivity contribution in [3.05, 3.63) is 36.5 Å². The molecule has 0 fully saturated rings. The summed E-state index contributed by atoms with van der Waals surface area (Å²) in [6.45, 7) is 4.91. The minimum Gasteiger partial charge on any atom is -0.466 e. The van der Waals surface area contributed by atoms with Gasteiger partial charge in [-0.15, -0.1) is 0 Å². The van der Waals surface area contributed by atoms with E-state index < -0.39 is 12.1 Å². The van der Waals surface area contributed by atoms with Crippen LogP contribution < -0.4 is 5.32 Å². The van der Waals surface area contributed by atoms with Crippen LogP contribution in [0.15, 0.2) is 36.5 Å². The molecule has 6 nitrogen and oxygen atoms in total. The van der Waals surface area contributed by atoms with Gasteiger partial charge in [0.1, 0.15) is 0 Å². The second-order valence-electron chi connectivity index (χ2n) is 27.0. The third-order valence-corrected chi connectivity index (χ3v) is 18.4. The van der Waals surface area contributed by atoms with Crippen LogP contribution >= 0.6 is 0 Å². The highest BCUT2D eigenvalue weighted by atomic mass is 16.5. The molecule has 86 heavy (non-hydrogen) atoms. The zero-order valence-electron chi connectivity index (χ0n) is 58.3. The summed E-state index contributed by atoms with van der Waals surface area (Å²) in [6.07, 6.45) is 98.4. The van der Waals surface area contributed by atoms with E-state index in [1.165, 1.54) is 366 Å². The van der Waals surface area contributed by atoms with E-state index in [-0.39, 0.29) is 18.5 Å². The van der Waals surface area contributed by atoms with Crippen molar-refractivity contribution in [3.63, 3.8) is 0 Å². The molecule has 6 heteroatoms. The summed E-state index contributed by atoms with van der Waals surface area (Å²) in [4.78, 5) is 24.6. The first-order chi connectivity index (χ1) is 42.5. The van der Waals surface area contributed by atoms with Gasteiger partial charge in [-0.3, -0.25) is 9.59 Å².